The lowest BCUT2D eigenvalue weighted by Gasteiger charge is -2.27. The third-order valence-corrected chi connectivity index (χ3v) is 6.92. The van der Waals surface area contributed by atoms with Crippen molar-refractivity contribution >= 4 is 50.9 Å². The molecule has 4 aromatic carbocycles. The van der Waals surface area contributed by atoms with Crippen molar-refractivity contribution < 1.29 is 9.21 Å². The number of benzene rings is 4. The van der Waals surface area contributed by atoms with Gasteiger partial charge in [-0.25, -0.2) is 0 Å². The Hall–Kier alpha value is -4.80. The number of allylic oxidation sites excluding steroid dienone is 5. The van der Waals surface area contributed by atoms with Crippen molar-refractivity contribution in [2.24, 2.45) is 0 Å². The van der Waals surface area contributed by atoms with E-state index >= 15 is 0 Å². The number of hydrogen-bond acceptors (Lipinski definition) is 4. The summed E-state index contributed by atoms with van der Waals surface area (Å²) >= 11 is 6.12. The average molecular weight is 529 g/mol. The van der Waals surface area contributed by atoms with E-state index in [-0.39, 0.29) is 5.78 Å². The molecule has 0 bridgehead atoms. The summed E-state index contributed by atoms with van der Waals surface area (Å²) in [5.74, 6) is 0.658. The quantitative estimate of drug-likeness (QED) is 0.224. The van der Waals surface area contributed by atoms with Crippen LogP contribution in [0.5, 0.6) is 0 Å². The minimum absolute atomic E-state index is 0.0200. The summed E-state index contributed by atoms with van der Waals surface area (Å²) in [5.41, 5.74) is 9.70. The van der Waals surface area contributed by atoms with E-state index in [1.165, 1.54) is 0 Å². The highest BCUT2D eigenvalue weighted by Crippen LogP contribution is 2.37. The van der Waals surface area contributed by atoms with Gasteiger partial charge in [-0.05, 0) is 59.7 Å². The average Bonchev–Trinajstić information content (AvgIpc) is 3.39. The van der Waals surface area contributed by atoms with Gasteiger partial charge in [0.05, 0.1) is 5.69 Å². The molecule has 1 N–H and O–H groups in total. The number of hydrogen-bond donors (Lipinski definition) is 1. The number of nitrogens with zero attached hydrogens (tertiary/aromatic N) is 1. The van der Waals surface area contributed by atoms with Crippen LogP contribution in [0, 0.1) is 0 Å². The third kappa shape index (κ3) is 5.02. The number of Topliss-reactive ketones (excluding diaryl/α,β-unsaturated/α-hetero) is 1. The number of nitrogens with one attached hydrogen (secondary N) is 1. The number of anilines is 1. The van der Waals surface area contributed by atoms with Crippen LogP contribution in [-0.4, -0.2) is 17.8 Å². The van der Waals surface area contributed by atoms with Crippen LogP contribution in [-0.2, 0) is 4.79 Å². The van der Waals surface area contributed by atoms with E-state index in [1.807, 2.05) is 139 Å². The van der Waals surface area contributed by atoms with Crippen LogP contribution in [0.2, 0.25) is 5.02 Å². The second kappa shape index (κ2) is 10.5. The molecule has 6 rings (SSSR count). The van der Waals surface area contributed by atoms with Gasteiger partial charge < -0.3 is 4.42 Å². The molecule has 0 fully saturated rings. The minimum atomic E-state index is -0.0200. The van der Waals surface area contributed by atoms with Crippen LogP contribution in [0.25, 0.3) is 27.8 Å². The smallest absolute Gasteiger partial charge is 0.194 e. The van der Waals surface area contributed by atoms with Crippen molar-refractivity contribution in [2.45, 2.75) is 0 Å². The standard InChI is InChI=1S/C34H25ClN2O2/c1-37(36-28-18-16-27(35)17-19-28)33(32-22-25-14-8-9-15-31(25)39-32)26-20-29(23-10-4-2-5-11-23)34(38)30(21-26)24-12-6-3-7-13-24/h2-22,36H,1H3. The molecule has 0 radical (unpaired) electrons. The third-order valence-electron chi connectivity index (χ3n) is 6.67. The number of halogens is 1. The summed E-state index contributed by atoms with van der Waals surface area (Å²) in [6, 6.07) is 37.0. The lowest BCUT2D eigenvalue weighted by Crippen LogP contribution is -2.25. The SMILES string of the molecule is CN(Nc1ccc(Cl)cc1)C(=C1C=C(c2ccccc2)C(=O)C(c2ccccc2)=C1)c1cc2ccccc2o1. The highest BCUT2D eigenvalue weighted by molar-refractivity contribution is 6.44. The molecule has 0 unspecified atom stereocenters. The number of rotatable bonds is 6. The number of hydrazine groups is 1. The molecular weight excluding hydrogens is 504 g/mol. The van der Waals surface area contributed by atoms with Crippen molar-refractivity contribution in [2.75, 3.05) is 12.5 Å². The Balaban J connectivity index is 1.58. The Labute approximate surface area is 232 Å². The number of furan rings is 1. The normalized spacial score (nSPS) is 13.2. The van der Waals surface area contributed by atoms with Gasteiger partial charge in [-0.15, -0.1) is 0 Å². The molecule has 0 aliphatic heterocycles. The molecule has 0 saturated carbocycles. The molecule has 0 atom stereocenters. The Kier molecular flexibility index (Phi) is 6.62. The number of carbonyl (C=O) groups excluding carboxylic acids is 1. The van der Waals surface area contributed by atoms with Gasteiger partial charge >= 0.3 is 0 Å². The van der Waals surface area contributed by atoms with Gasteiger partial charge in [-0.2, -0.15) is 0 Å². The van der Waals surface area contributed by atoms with E-state index in [0.29, 0.717) is 21.9 Å². The predicted molar refractivity (Wildman–Crippen MR) is 160 cm³/mol. The highest BCUT2D eigenvalue weighted by atomic mass is 35.5. The molecule has 0 amide bonds. The summed E-state index contributed by atoms with van der Waals surface area (Å²) in [5, 5.41) is 3.58. The van der Waals surface area contributed by atoms with E-state index in [2.05, 4.69) is 5.43 Å². The van der Waals surface area contributed by atoms with Gasteiger partial charge in [0, 0.05) is 34.2 Å². The van der Waals surface area contributed by atoms with Crippen LogP contribution < -0.4 is 5.43 Å². The van der Waals surface area contributed by atoms with Crippen molar-refractivity contribution in [1.29, 1.82) is 0 Å². The van der Waals surface area contributed by atoms with Crippen molar-refractivity contribution in [3.05, 3.63) is 155 Å². The van der Waals surface area contributed by atoms with Gasteiger partial charge in [0.15, 0.2) is 11.5 Å². The number of carbonyl (C=O) groups is 1. The molecule has 5 aromatic rings. The highest BCUT2D eigenvalue weighted by Gasteiger charge is 2.26. The van der Waals surface area contributed by atoms with Gasteiger partial charge in [0.2, 0.25) is 0 Å². The van der Waals surface area contributed by atoms with Gasteiger partial charge in [0.25, 0.3) is 0 Å². The predicted octanol–water partition coefficient (Wildman–Crippen LogP) is 8.51. The maximum absolute atomic E-state index is 13.8. The molecule has 39 heavy (non-hydrogen) atoms. The number of ketones is 1. The van der Waals surface area contributed by atoms with Gasteiger partial charge in [-0.1, -0.05) is 90.5 Å². The van der Waals surface area contributed by atoms with E-state index in [9.17, 15) is 4.79 Å². The zero-order valence-electron chi connectivity index (χ0n) is 21.3. The van der Waals surface area contributed by atoms with Crippen LogP contribution >= 0.6 is 11.6 Å². The Morgan fingerprint density at radius 2 is 1.31 bits per heavy atom. The topological polar surface area (TPSA) is 45.5 Å². The fourth-order valence-corrected chi connectivity index (χ4v) is 4.93. The largest absolute Gasteiger partial charge is 0.454 e. The van der Waals surface area contributed by atoms with Gasteiger partial charge in [0.1, 0.15) is 11.3 Å². The molecule has 4 nitrogen and oxygen atoms in total. The molecule has 1 aliphatic carbocycles. The summed E-state index contributed by atoms with van der Waals surface area (Å²) in [6.45, 7) is 0. The Morgan fingerprint density at radius 3 is 1.90 bits per heavy atom. The second-order valence-electron chi connectivity index (χ2n) is 9.31. The van der Waals surface area contributed by atoms with Crippen LogP contribution in [0.15, 0.2) is 137 Å². The molecule has 5 heteroatoms. The fraction of sp³-hybridized carbons (Fsp3) is 0.0294. The molecule has 1 heterocycles. The van der Waals surface area contributed by atoms with Crippen molar-refractivity contribution in [3.8, 4) is 0 Å². The lowest BCUT2D eigenvalue weighted by atomic mass is 9.85. The summed E-state index contributed by atoms with van der Waals surface area (Å²) < 4.78 is 6.37. The van der Waals surface area contributed by atoms with Crippen LogP contribution in [0.4, 0.5) is 5.69 Å². The zero-order valence-corrected chi connectivity index (χ0v) is 22.0. The van der Waals surface area contributed by atoms with E-state index < -0.39 is 0 Å². The minimum Gasteiger partial charge on any atom is -0.454 e. The molecule has 1 aromatic heterocycles. The summed E-state index contributed by atoms with van der Waals surface area (Å²) in [4.78, 5) is 13.8. The first-order valence-electron chi connectivity index (χ1n) is 12.6. The fourth-order valence-electron chi connectivity index (χ4n) is 4.80. The maximum atomic E-state index is 13.8. The van der Waals surface area contributed by atoms with Crippen molar-refractivity contribution in [3.63, 3.8) is 0 Å². The molecule has 190 valence electrons. The monoisotopic (exact) mass is 528 g/mol. The number of fused-ring (bicyclic) bond motifs is 1. The molecule has 1 aliphatic rings. The summed E-state index contributed by atoms with van der Waals surface area (Å²) in [6.07, 6.45) is 3.90. The Bertz CT molecular complexity index is 1650. The van der Waals surface area contributed by atoms with E-state index in [1.54, 1.807) is 0 Å². The van der Waals surface area contributed by atoms with E-state index in [0.717, 1.165) is 39.1 Å². The van der Waals surface area contributed by atoms with Gasteiger partial charge in [-0.3, -0.25) is 15.2 Å². The molecule has 0 spiro atoms. The molecular formula is C34H25ClN2O2. The molecule has 0 saturated heterocycles. The van der Waals surface area contributed by atoms with E-state index in [4.69, 9.17) is 16.0 Å². The first-order valence-corrected chi connectivity index (χ1v) is 13.0. The first-order chi connectivity index (χ1) is 19.1. The lowest BCUT2D eigenvalue weighted by molar-refractivity contribution is -0.108. The second-order valence-corrected chi connectivity index (χ2v) is 9.74. The van der Waals surface area contributed by atoms with Crippen molar-refractivity contribution in [1.82, 2.24) is 5.01 Å². The zero-order chi connectivity index (χ0) is 26.8. The summed E-state index contributed by atoms with van der Waals surface area (Å²) in [7, 11) is 1.94. The van der Waals surface area contributed by atoms with Crippen LogP contribution in [0.3, 0.4) is 0 Å². The number of para-hydroxylation sites is 1. The maximum Gasteiger partial charge on any atom is 0.194 e. The van der Waals surface area contributed by atoms with Crippen LogP contribution in [0.1, 0.15) is 16.9 Å². The first kappa shape index (κ1) is 24.5. The Morgan fingerprint density at radius 1 is 0.744 bits per heavy atom.